The fraction of sp³-hybridized carbons (Fsp3) is 0.519. The molecule has 2 saturated heterocycles. The average molecular weight is 577 g/mol. The molecule has 14 heteroatoms. The summed E-state index contributed by atoms with van der Waals surface area (Å²) < 4.78 is 11.8. The van der Waals surface area contributed by atoms with Crippen LogP contribution in [0.3, 0.4) is 0 Å². The van der Waals surface area contributed by atoms with Gasteiger partial charge in [-0.3, -0.25) is 4.79 Å². The Balaban J connectivity index is 0.00000147. The molecular formula is C27H36N4O10. The van der Waals surface area contributed by atoms with Gasteiger partial charge in [0.15, 0.2) is 22.9 Å². The predicted octanol–water partition coefficient (Wildman–Crippen LogP) is 1.17. The number of rotatable bonds is 9. The summed E-state index contributed by atoms with van der Waals surface area (Å²) in [5.41, 5.74) is 0.794. The minimum Gasteiger partial charge on any atom is -0.493 e. The maximum absolute atomic E-state index is 12.6. The van der Waals surface area contributed by atoms with Crippen LogP contribution < -0.4 is 14.4 Å². The number of amides is 1. The lowest BCUT2D eigenvalue weighted by atomic mass is 9.72. The molecule has 0 radical (unpaired) electrons. The van der Waals surface area contributed by atoms with Crippen molar-refractivity contribution in [1.82, 2.24) is 9.88 Å². The summed E-state index contributed by atoms with van der Waals surface area (Å²) in [4.78, 5) is 39.8. The SMILES string of the molecule is COc1ccc([C@@H]2CN(C(=O)[C@@H](O)CO)C[C@@]2(C)[C@@H](C)O)cc1OC1CN(c2ccc(C(=O)O)c(C)n2)C1.O=NO. The van der Waals surface area contributed by atoms with E-state index in [1.807, 2.05) is 24.0 Å². The van der Waals surface area contributed by atoms with E-state index in [1.165, 1.54) is 10.2 Å². The number of pyridine rings is 1. The number of aromatic carboxylic acids is 1. The number of carbonyl (C=O) groups excluding carboxylic acids is 1. The second kappa shape index (κ2) is 13.1. The highest BCUT2D eigenvalue weighted by molar-refractivity contribution is 5.89. The van der Waals surface area contributed by atoms with E-state index in [4.69, 9.17) is 19.6 Å². The summed E-state index contributed by atoms with van der Waals surface area (Å²) in [7, 11) is 1.55. The number of methoxy groups -OCH3 is 1. The number of benzene rings is 1. The Morgan fingerprint density at radius 2 is 1.83 bits per heavy atom. The van der Waals surface area contributed by atoms with Gasteiger partial charge in [0.1, 0.15) is 11.9 Å². The van der Waals surface area contributed by atoms with E-state index in [0.29, 0.717) is 36.1 Å². The van der Waals surface area contributed by atoms with Crippen molar-refractivity contribution in [2.75, 3.05) is 44.8 Å². The first kappa shape index (κ1) is 31.5. The highest BCUT2D eigenvalue weighted by Crippen LogP contribution is 2.47. The minimum absolute atomic E-state index is 0.148. The molecular weight excluding hydrogens is 540 g/mol. The first-order valence-corrected chi connectivity index (χ1v) is 12.9. The quantitative estimate of drug-likeness (QED) is 0.211. The number of aliphatic hydroxyl groups excluding tert-OH is 3. The molecule has 0 spiro atoms. The van der Waals surface area contributed by atoms with Gasteiger partial charge < -0.3 is 44.9 Å². The zero-order valence-corrected chi connectivity index (χ0v) is 23.3. The number of aromatic nitrogens is 1. The highest BCUT2D eigenvalue weighted by Gasteiger charge is 2.49. The molecule has 4 atom stereocenters. The molecule has 0 bridgehead atoms. The van der Waals surface area contributed by atoms with Crippen LogP contribution in [0.4, 0.5) is 5.82 Å². The predicted molar refractivity (Wildman–Crippen MR) is 145 cm³/mol. The van der Waals surface area contributed by atoms with E-state index in [9.17, 15) is 30.0 Å². The second-order valence-corrected chi connectivity index (χ2v) is 10.4. The maximum atomic E-state index is 12.6. The number of hydrogen-bond donors (Lipinski definition) is 5. The molecule has 2 aromatic rings. The van der Waals surface area contributed by atoms with Gasteiger partial charge in [0.05, 0.1) is 44.2 Å². The molecule has 14 nitrogen and oxygen atoms in total. The third-order valence-electron chi connectivity index (χ3n) is 7.81. The maximum Gasteiger partial charge on any atom is 0.337 e. The third-order valence-corrected chi connectivity index (χ3v) is 7.81. The molecule has 0 unspecified atom stereocenters. The topological polar surface area (TPSA) is 203 Å². The van der Waals surface area contributed by atoms with Crippen molar-refractivity contribution in [2.24, 2.45) is 10.8 Å². The van der Waals surface area contributed by atoms with Crippen LogP contribution in [-0.2, 0) is 4.79 Å². The molecule has 2 aliphatic heterocycles. The van der Waals surface area contributed by atoms with E-state index in [0.717, 1.165) is 5.56 Å². The van der Waals surface area contributed by atoms with Crippen LogP contribution in [0.2, 0.25) is 0 Å². The minimum atomic E-state index is -1.50. The molecule has 0 saturated carbocycles. The Kier molecular flexibility index (Phi) is 10.1. The Morgan fingerprint density at radius 1 is 1.17 bits per heavy atom. The lowest BCUT2D eigenvalue weighted by Gasteiger charge is -2.40. The summed E-state index contributed by atoms with van der Waals surface area (Å²) in [6, 6.07) is 8.79. The fourth-order valence-corrected chi connectivity index (χ4v) is 5.21. The Bertz CT molecular complexity index is 1250. The summed E-state index contributed by atoms with van der Waals surface area (Å²) in [6.45, 7) is 6.22. The number of carboxylic acid groups (broad SMARTS) is 1. The number of nitrogens with zero attached hydrogens (tertiary/aromatic N) is 4. The van der Waals surface area contributed by atoms with Crippen molar-refractivity contribution >= 4 is 17.7 Å². The van der Waals surface area contributed by atoms with E-state index in [-0.39, 0.29) is 30.7 Å². The number of carboxylic acids is 1. The highest BCUT2D eigenvalue weighted by atomic mass is 16.6. The van der Waals surface area contributed by atoms with Gasteiger partial charge in [-0.25, -0.2) is 9.78 Å². The van der Waals surface area contributed by atoms with E-state index < -0.39 is 36.1 Å². The second-order valence-electron chi connectivity index (χ2n) is 10.4. The van der Waals surface area contributed by atoms with Gasteiger partial charge in [-0.2, -0.15) is 0 Å². The van der Waals surface area contributed by atoms with E-state index in [1.54, 1.807) is 39.2 Å². The van der Waals surface area contributed by atoms with Crippen LogP contribution in [0.5, 0.6) is 11.5 Å². The van der Waals surface area contributed by atoms with Crippen molar-refractivity contribution < 1.29 is 44.7 Å². The molecule has 5 N–H and O–H groups in total. The molecule has 224 valence electrons. The number of aliphatic hydroxyl groups is 3. The number of carbonyl (C=O) groups is 2. The van der Waals surface area contributed by atoms with E-state index >= 15 is 0 Å². The molecule has 1 amide bonds. The molecule has 4 rings (SSSR count). The Morgan fingerprint density at radius 3 is 2.37 bits per heavy atom. The standard InChI is InChI=1S/C27H35N3O8.HNO2/c1-15-19(26(35)36)6-8-24(28-15)29-10-18(11-29)38-23-9-17(5-7-22(23)37-4)20-12-30(25(34)21(33)13-31)14-27(20,3)16(2)32;2-1-3/h5-9,16,18,20-21,31-33H,10-14H2,1-4H3,(H,35,36);(H,2,3)/t16-,20+,21+,27+;/m1./s1. The van der Waals surface area contributed by atoms with Crippen LogP contribution in [0.25, 0.3) is 0 Å². The molecule has 1 aromatic carbocycles. The fourth-order valence-electron chi connectivity index (χ4n) is 5.21. The molecule has 0 aliphatic carbocycles. The third kappa shape index (κ3) is 6.66. The van der Waals surface area contributed by atoms with Gasteiger partial charge in [-0.15, -0.1) is 4.91 Å². The Labute approximate surface area is 236 Å². The van der Waals surface area contributed by atoms with Gasteiger partial charge in [0.2, 0.25) is 0 Å². The molecule has 1 aromatic heterocycles. The lowest BCUT2D eigenvalue weighted by Crippen LogP contribution is -2.54. The smallest absolute Gasteiger partial charge is 0.337 e. The number of hydrogen-bond acceptors (Lipinski definition) is 11. The van der Waals surface area contributed by atoms with Gasteiger partial charge >= 0.3 is 5.97 Å². The number of likely N-dealkylation sites (tertiary alicyclic amines) is 1. The summed E-state index contributed by atoms with van der Waals surface area (Å²) in [5.74, 6) is -0.0588. The van der Waals surface area contributed by atoms with Crippen LogP contribution in [0, 0.1) is 17.2 Å². The monoisotopic (exact) mass is 576 g/mol. The van der Waals surface area contributed by atoms with Gasteiger partial charge in [0.25, 0.3) is 5.91 Å². The summed E-state index contributed by atoms with van der Waals surface area (Å²) in [6.07, 6.45) is -2.39. The zero-order valence-electron chi connectivity index (χ0n) is 23.3. The first-order chi connectivity index (χ1) is 19.4. The average Bonchev–Trinajstić information content (AvgIpc) is 3.28. The van der Waals surface area contributed by atoms with Crippen molar-refractivity contribution in [3.63, 3.8) is 0 Å². The van der Waals surface area contributed by atoms with Crippen LogP contribution in [0.1, 0.15) is 41.4 Å². The normalized spacial score (nSPS) is 21.7. The van der Waals surface area contributed by atoms with Crippen molar-refractivity contribution in [3.8, 4) is 11.5 Å². The van der Waals surface area contributed by atoms with E-state index in [2.05, 4.69) is 4.98 Å². The molecule has 2 aliphatic rings. The first-order valence-electron chi connectivity index (χ1n) is 12.9. The Hall–Kier alpha value is -4.01. The van der Waals surface area contributed by atoms with Crippen molar-refractivity contribution in [3.05, 3.63) is 52.1 Å². The largest absolute Gasteiger partial charge is 0.493 e. The van der Waals surface area contributed by atoms with Gasteiger partial charge in [0, 0.05) is 24.4 Å². The number of ether oxygens (including phenoxy) is 2. The van der Waals surface area contributed by atoms with Crippen LogP contribution in [0.15, 0.2) is 35.7 Å². The molecule has 2 fully saturated rings. The summed E-state index contributed by atoms with van der Waals surface area (Å²) >= 11 is 0. The van der Waals surface area contributed by atoms with Crippen molar-refractivity contribution in [2.45, 2.75) is 45.0 Å². The van der Waals surface area contributed by atoms with Gasteiger partial charge in [-0.05, 0) is 43.7 Å². The molecule has 3 heterocycles. The number of anilines is 1. The number of aryl methyl sites for hydroxylation is 1. The van der Waals surface area contributed by atoms with Crippen molar-refractivity contribution in [1.29, 1.82) is 0 Å². The van der Waals surface area contributed by atoms with Crippen LogP contribution >= 0.6 is 0 Å². The zero-order chi connectivity index (χ0) is 30.5. The van der Waals surface area contributed by atoms with Gasteiger partial charge in [-0.1, -0.05) is 13.0 Å². The lowest BCUT2D eigenvalue weighted by molar-refractivity contribution is -0.141. The van der Waals surface area contributed by atoms with Crippen LogP contribution in [-0.4, -0.2) is 106 Å². The summed E-state index contributed by atoms with van der Waals surface area (Å²) in [5, 5.41) is 46.9. The molecule has 41 heavy (non-hydrogen) atoms.